The Balaban J connectivity index is 1.91. The summed E-state index contributed by atoms with van der Waals surface area (Å²) in [5.41, 5.74) is 2.46. The number of esters is 1. The molecular formula is C21H20N2O4. The minimum atomic E-state index is -0.855. The zero-order chi connectivity index (χ0) is 19.6. The molecule has 0 saturated carbocycles. The number of nitriles is 1. The van der Waals surface area contributed by atoms with Crippen molar-refractivity contribution in [2.45, 2.75) is 13.5 Å². The molecule has 138 valence electrons. The Bertz CT molecular complexity index is 897. The van der Waals surface area contributed by atoms with Crippen LogP contribution in [-0.2, 0) is 20.9 Å². The van der Waals surface area contributed by atoms with Crippen molar-refractivity contribution >= 4 is 18.0 Å². The number of carbonyl (C=O) groups is 2. The monoisotopic (exact) mass is 364 g/mol. The van der Waals surface area contributed by atoms with Crippen LogP contribution in [0.2, 0.25) is 0 Å². The molecule has 0 heterocycles. The number of hydrogen-bond donors (Lipinski definition) is 1. The first-order valence-electron chi connectivity index (χ1n) is 8.27. The lowest BCUT2D eigenvalue weighted by Gasteiger charge is -2.08. The van der Waals surface area contributed by atoms with Gasteiger partial charge >= 0.3 is 5.97 Å². The van der Waals surface area contributed by atoms with E-state index >= 15 is 0 Å². The van der Waals surface area contributed by atoms with Crippen molar-refractivity contribution in [1.82, 2.24) is 5.32 Å². The molecule has 0 aromatic heterocycles. The number of benzene rings is 2. The molecule has 2 aromatic carbocycles. The van der Waals surface area contributed by atoms with Gasteiger partial charge in [0.15, 0.2) is 6.61 Å². The molecule has 27 heavy (non-hydrogen) atoms. The number of aryl methyl sites for hydroxylation is 1. The van der Waals surface area contributed by atoms with E-state index in [1.165, 1.54) is 13.2 Å². The van der Waals surface area contributed by atoms with Crippen LogP contribution in [-0.4, -0.2) is 25.6 Å². The van der Waals surface area contributed by atoms with E-state index in [9.17, 15) is 14.9 Å². The molecule has 1 amide bonds. The smallest absolute Gasteiger partial charge is 0.349 e. The first-order chi connectivity index (χ1) is 13.0. The number of carbonyl (C=O) groups excluding carboxylic acids is 2. The zero-order valence-electron chi connectivity index (χ0n) is 15.2. The predicted molar refractivity (Wildman–Crippen MR) is 101 cm³/mol. The van der Waals surface area contributed by atoms with Crippen LogP contribution in [0.3, 0.4) is 0 Å². The van der Waals surface area contributed by atoms with Crippen LogP contribution in [0.15, 0.2) is 54.1 Å². The van der Waals surface area contributed by atoms with Gasteiger partial charge in [0.1, 0.15) is 17.4 Å². The van der Waals surface area contributed by atoms with Gasteiger partial charge in [-0.05, 0) is 41.8 Å². The minimum Gasteiger partial charge on any atom is -0.497 e. The van der Waals surface area contributed by atoms with Crippen molar-refractivity contribution in [2.75, 3.05) is 13.7 Å². The van der Waals surface area contributed by atoms with Crippen LogP contribution in [0, 0.1) is 18.3 Å². The summed E-state index contributed by atoms with van der Waals surface area (Å²) in [5.74, 6) is -0.693. The number of nitrogens with one attached hydrogen (secondary N) is 1. The van der Waals surface area contributed by atoms with E-state index < -0.39 is 18.5 Å². The molecule has 2 rings (SSSR count). The highest BCUT2D eigenvalue weighted by Gasteiger charge is 2.13. The van der Waals surface area contributed by atoms with Gasteiger partial charge in [-0.15, -0.1) is 0 Å². The van der Waals surface area contributed by atoms with Gasteiger partial charge in [-0.1, -0.05) is 36.4 Å². The second-order valence-electron chi connectivity index (χ2n) is 5.73. The van der Waals surface area contributed by atoms with Gasteiger partial charge in [-0.25, -0.2) is 4.79 Å². The van der Waals surface area contributed by atoms with Gasteiger partial charge in [0.2, 0.25) is 0 Å². The number of methoxy groups -OCH3 is 1. The van der Waals surface area contributed by atoms with Crippen molar-refractivity contribution < 1.29 is 19.1 Å². The topological polar surface area (TPSA) is 88.4 Å². The lowest BCUT2D eigenvalue weighted by atomic mass is 10.1. The first-order valence-corrected chi connectivity index (χ1v) is 8.27. The van der Waals surface area contributed by atoms with Crippen LogP contribution in [0.1, 0.15) is 16.7 Å². The Morgan fingerprint density at radius 3 is 2.67 bits per heavy atom. The van der Waals surface area contributed by atoms with Crippen LogP contribution >= 0.6 is 0 Å². The zero-order valence-corrected chi connectivity index (χ0v) is 15.2. The Morgan fingerprint density at radius 1 is 1.19 bits per heavy atom. The summed E-state index contributed by atoms with van der Waals surface area (Å²) in [7, 11) is 1.53. The summed E-state index contributed by atoms with van der Waals surface area (Å²) in [6.45, 7) is 1.83. The minimum absolute atomic E-state index is 0.199. The summed E-state index contributed by atoms with van der Waals surface area (Å²) in [4.78, 5) is 23.9. The third kappa shape index (κ3) is 6.01. The summed E-state index contributed by atoms with van der Waals surface area (Å²) < 4.78 is 10.0. The molecule has 0 unspecified atom stereocenters. The highest BCUT2D eigenvalue weighted by atomic mass is 16.5. The van der Waals surface area contributed by atoms with Crippen molar-refractivity contribution in [2.24, 2.45) is 0 Å². The maximum Gasteiger partial charge on any atom is 0.349 e. The second kappa shape index (κ2) is 9.78. The maximum atomic E-state index is 12.0. The molecule has 1 N–H and O–H groups in total. The maximum absolute atomic E-state index is 12.0. The van der Waals surface area contributed by atoms with Gasteiger partial charge in [-0.3, -0.25) is 4.79 Å². The summed E-state index contributed by atoms with van der Waals surface area (Å²) in [6, 6.07) is 16.3. The van der Waals surface area contributed by atoms with Crippen LogP contribution < -0.4 is 10.1 Å². The molecule has 0 bridgehead atoms. The quantitative estimate of drug-likeness (QED) is 0.464. The molecule has 2 aromatic rings. The van der Waals surface area contributed by atoms with E-state index in [-0.39, 0.29) is 5.57 Å². The summed E-state index contributed by atoms with van der Waals surface area (Å²) in [5, 5.41) is 11.9. The van der Waals surface area contributed by atoms with E-state index in [2.05, 4.69) is 5.32 Å². The Morgan fingerprint density at radius 2 is 1.96 bits per heavy atom. The molecule has 6 nitrogen and oxygen atoms in total. The largest absolute Gasteiger partial charge is 0.497 e. The number of hydrogen-bond acceptors (Lipinski definition) is 5. The second-order valence-corrected chi connectivity index (χ2v) is 5.73. The molecule has 0 aliphatic heterocycles. The third-order valence-corrected chi connectivity index (χ3v) is 3.82. The number of ether oxygens (including phenoxy) is 2. The number of rotatable bonds is 7. The fourth-order valence-electron chi connectivity index (χ4n) is 2.30. The molecule has 0 atom stereocenters. The van der Waals surface area contributed by atoms with Crippen LogP contribution in [0.5, 0.6) is 5.75 Å². The van der Waals surface area contributed by atoms with Crippen molar-refractivity contribution in [3.8, 4) is 11.8 Å². The highest BCUT2D eigenvalue weighted by Crippen LogP contribution is 2.15. The Labute approximate surface area is 158 Å². The normalized spacial score (nSPS) is 10.6. The molecule has 0 radical (unpaired) electrons. The third-order valence-electron chi connectivity index (χ3n) is 3.82. The van der Waals surface area contributed by atoms with Gasteiger partial charge in [0.25, 0.3) is 5.91 Å². The highest BCUT2D eigenvalue weighted by molar-refractivity contribution is 5.98. The molecule has 6 heteroatoms. The van der Waals surface area contributed by atoms with Crippen molar-refractivity contribution in [3.05, 3.63) is 70.8 Å². The van der Waals surface area contributed by atoms with Crippen LogP contribution in [0.4, 0.5) is 0 Å². The standard InChI is InChI=1S/C21H20N2O4/c1-15-6-3-4-8-17(15)13-23-20(24)14-27-21(25)18(12-22)10-16-7-5-9-19(11-16)26-2/h3-11H,13-14H2,1-2H3,(H,23,24)/b18-10+. The van der Waals surface area contributed by atoms with E-state index in [4.69, 9.17) is 9.47 Å². The molecule has 0 aliphatic carbocycles. The predicted octanol–water partition coefficient (Wildman–Crippen LogP) is 2.77. The molecule has 0 aliphatic rings. The van der Waals surface area contributed by atoms with Gasteiger partial charge in [0.05, 0.1) is 7.11 Å². The lowest BCUT2D eigenvalue weighted by molar-refractivity contribution is -0.144. The summed E-state index contributed by atoms with van der Waals surface area (Å²) >= 11 is 0. The first kappa shape index (κ1) is 19.7. The SMILES string of the molecule is COc1cccc(/C=C(\C#N)C(=O)OCC(=O)NCc2ccccc2C)c1. The fraction of sp³-hybridized carbons (Fsp3) is 0.190. The van der Waals surface area contributed by atoms with Gasteiger partial charge < -0.3 is 14.8 Å². The Hall–Kier alpha value is -3.59. The Kier molecular flexibility index (Phi) is 7.15. The molecular weight excluding hydrogens is 344 g/mol. The van der Waals surface area contributed by atoms with Crippen LogP contribution in [0.25, 0.3) is 6.08 Å². The molecule has 0 spiro atoms. The van der Waals surface area contributed by atoms with Gasteiger partial charge in [0, 0.05) is 6.54 Å². The van der Waals surface area contributed by atoms with Crippen molar-refractivity contribution in [3.63, 3.8) is 0 Å². The number of nitrogens with zero attached hydrogens (tertiary/aromatic N) is 1. The molecule has 0 fully saturated rings. The van der Waals surface area contributed by atoms with E-state index in [0.29, 0.717) is 17.9 Å². The fourth-order valence-corrected chi connectivity index (χ4v) is 2.30. The lowest BCUT2D eigenvalue weighted by Crippen LogP contribution is -2.28. The van der Waals surface area contributed by atoms with E-state index in [1.807, 2.05) is 31.2 Å². The van der Waals surface area contributed by atoms with E-state index in [0.717, 1.165) is 11.1 Å². The summed E-state index contributed by atoms with van der Waals surface area (Å²) in [6.07, 6.45) is 1.39. The number of amides is 1. The van der Waals surface area contributed by atoms with E-state index in [1.54, 1.807) is 30.3 Å². The van der Waals surface area contributed by atoms with Gasteiger partial charge in [-0.2, -0.15) is 5.26 Å². The molecule has 0 saturated heterocycles. The average molecular weight is 364 g/mol. The van der Waals surface area contributed by atoms with Crippen molar-refractivity contribution in [1.29, 1.82) is 5.26 Å². The average Bonchev–Trinajstić information content (AvgIpc) is 2.69.